The van der Waals surface area contributed by atoms with Crippen molar-refractivity contribution in [2.24, 2.45) is 0 Å². The summed E-state index contributed by atoms with van der Waals surface area (Å²) in [4.78, 5) is 14.1. The second kappa shape index (κ2) is 5.47. The first-order valence-electron chi connectivity index (χ1n) is 5.87. The van der Waals surface area contributed by atoms with Crippen molar-refractivity contribution in [2.75, 3.05) is 13.1 Å². The lowest BCUT2D eigenvalue weighted by molar-refractivity contribution is -0.0586. The first-order chi connectivity index (χ1) is 8.47. The Balaban J connectivity index is 2.20. The zero-order chi connectivity index (χ0) is 13.3. The normalized spacial score (nSPS) is 24.1. The second-order valence-corrected chi connectivity index (χ2v) is 5.44. The fraction of sp³-hybridized carbons (Fsp3) is 0.462. The van der Waals surface area contributed by atoms with Gasteiger partial charge in [-0.25, -0.2) is 0 Å². The number of rotatable bonds is 1. The van der Waals surface area contributed by atoms with E-state index >= 15 is 0 Å². The van der Waals surface area contributed by atoms with Gasteiger partial charge < -0.3 is 9.64 Å². The Bertz CT molecular complexity index is 454. The minimum absolute atomic E-state index is 0.0452. The molecule has 2 atom stereocenters. The standard InChI is InChI=1S/C13H15Cl2NO2/c1-8-6-16(7-9(2)18-8)13(17)11-4-3-10(14)5-12(11)15/h3-5,8-9H,6-7H2,1-2H3. The Labute approximate surface area is 117 Å². The molecule has 5 heteroatoms. The summed E-state index contributed by atoms with van der Waals surface area (Å²) in [6, 6.07) is 4.93. The maximum absolute atomic E-state index is 12.4. The van der Waals surface area contributed by atoms with E-state index in [4.69, 9.17) is 27.9 Å². The van der Waals surface area contributed by atoms with Gasteiger partial charge in [-0.1, -0.05) is 23.2 Å². The molecule has 1 saturated heterocycles. The number of hydrogen-bond donors (Lipinski definition) is 0. The Kier molecular flexibility index (Phi) is 4.15. The van der Waals surface area contributed by atoms with Gasteiger partial charge in [-0.05, 0) is 32.0 Å². The molecule has 1 aliphatic rings. The van der Waals surface area contributed by atoms with Crippen molar-refractivity contribution in [3.8, 4) is 0 Å². The highest BCUT2D eigenvalue weighted by atomic mass is 35.5. The van der Waals surface area contributed by atoms with Crippen LogP contribution in [0.1, 0.15) is 24.2 Å². The number of halogens is 2. The lowest BCUT2D eigenvalue weighted by atomic mass is 10.1. The fourth-order valence-corrected chi connectivity index (χ4v) is 2.67. The zero-order valence-electron chi connectivity index (χ0n) is 10.3. The maximum atomic E-state index is 12.4. The number of benzene rings is 1. The van der Waals surface area contributed by atoms with Crippen LogP contribution in [0.5, 0.6) is 0 Å². The van der Waals surface area contributed by atoms with Crippen LogP contribution < -0.4 is 0 Å². The van der Waals surface area contributed by atoms with Crippen LogP contribution in [-0.2, 0) is 4.74 Å². The van der Waals surface area contributed by atoms with Gasteiger partial charge in [0, 0.05) is 18.1 Å². The van der Waals surface area contributed by atoms with Gasteiger partial charge >= 0.3 is 0 Å². The van der Waals surface area contributed by atoms with Crippen molar-refractivity contribution in [1.82, 2.24) is 4.90 Å². The van der Waals surface area contributed by atoms with Crippen molar-refractivity contribution in [3.63, 3.8) is 0 Å². The summed E-state index contributed by atoms with van der Waals surface area (Å²) >= 11 is 11.9. The molecule has 0 spiro atoms. The summed E-state index contributed by atoms with van der Waals surface area (Å²) in [5.74, 6) is -0.0707. The molecule has 2 unspecified atom stereocenters. The van der Waals surface area contributed by atoms with E-state index in [0.29, 0.717) is 28.7 Å². The molecule has 1 amide bonds. The first kappa shape index (κ1) is 13.7. The molecule has 0 bridgehead atoms. The molecule has 0 aromatic heterocycles. The molecule has 1 aliphatic heterocycles. The fourth-order valence-electron chi connectivity index (χ4n) is 2.18. The summed E-state index contributed by atoms with van der Waals surface area (Å²) in [5, 5.41) is 0.916. The van der Waals surface area contributed by atoms with Crippen LogP contribution in [0.25, 0.3) is 0 Å². The van der Waals surface area contributed by atoms with Crippen LogP contribution in [-0.4, -0.2) is 36.1 Å². The number of nitrogens with zero attached hydrogens (tertiary/aromatic N) is 1. The van der Waals surface area contributed by atoms with Crippen molar-refractivity contribution in [2.45, 2.75) is 26.1 Å². The molecule has 1 aromatic rings. The van der Waals surface area contributed by atoms with Crippen molar-refractivity contribution in [1.29, 1.82) is 0 Å². The van der Waals surface area contributed by atoms with Gasteiger partial charge in [0.05, 0.1) is 22.8 Å². The van der Waals surface area contributed by atoms with Crippen molar-refractivity contribution in [3.05, 3.63) is 33.8 Å². The van der Waals surface area contributed by atoms with Crippen LogP contribution in [0.2, 0.25) is 10.0 Å². The summed E-state index contributed by atoms with van der Waals surface area (Å²) in [6.45, 7) is 5.09. The first-order valence-corrected chi connectivity index (χ1v) is 6.62. The molecule has 18 heavy (non-hydrogen) atoms. The molecule has 2 rings (SSSR count). The highest BCUT2D eigenvalue weighted by Crippen LogP contribution is 2.23. The number of carbonyl (C=O) groups is 1. The van der Waals surface area contributed by atoms with Gasteiger partial charge in [0.15, 0.2) is 0 Å². The predicted molar refractivity (Wildman–Crippen MR) is 72.4 cm³/mol. The van der Waals surface area contributed by atoms with E-state index in [-0.39, 0.29) is 18.1 Å². The van der Waals surface area contributed by atoms with E-state index in [1.54, 1.807) is 23.1 Å². The van der Waals surface area contributed by atoms with Gasteiger partial charge in [-0.3, -0.25) is 4.79 Å². The van der Waals surface area contributed by atoms with E-state index < -0.39 is 0 Å². The van der Waals surface area contributed by atoms with E-state index in [9.17, 15) is 4.79 Å². The molecule has 3 nitrogen and oxygen atoms in total. The van der Waals surface area contributed by atoms with Crippen LogP contribution in [0.15, 0.2) is 18.2 Å². The average Bonchev–Trinajstić information content (AvgIpc) is 2.26. The number of amides is 1. The predicted octanol–water partition coefficient (Wildman–Crippen LogP) is 3.24. The molecule has 0 aliphatic carbocycles. The Morgan fingerprint density at radius 2 is 1.89 bits per heavy atom. The topological polar surface area (TPSA) is 29.5 Å². The highest BCUT2D eigenvalue weighted by molar-refractivity contribution is 6.36. The molecule has 0 radical (unpaired) electrons. The quantitative estimate of drug-likeness (QED) is 0.794. The third kappa shape index (κ3) is 2.97. The zero-order valence-corrected chi connectivity index (χ0v) is 11.8. The number of carbonyl (C=O) groups excluding carboxylic acids is 1. The van der Waals surface area contributed by atoms with Crippen molar-refractivity contribution < 1.29 is 9.53 Å². The Hall–Kier alpha value is -0.770. The summed E-state index contributed by atoms with van der Waals surface area (Å²) in [5.41, 5.74) is 0.488. The van der Waals surface area contributed by atoms with Crippen LogP contribution in [0.3, 0.4) is 0 Å². The molecule has 1 heterocycles. The lowest BCUT2D eigenvalue weighted by Crippen LogP contribution is -2.48. The number of morpholine rings is 1. The average molecular weight is 288 g/mol. The highest BCUT2D eigenvalue weighted by Gasteiger charge is 2.27. The van der Waals surface area contributed by atoms with E-state index in [1.807, 2.05) is 13.8 Å². The van der Waals surface area contributed by atoms with Gasteiger partial charge in [0.25, 0.3) is 5.91 Å². The van der Waals surface area contributed by atoms with Gasteiger partial charge in [-0.15, -0.1) is 0 Å². The van der Waals surface area contributed by atoms with Gasteiger partial charge in [0.1, 0.15) is 0 Å². The number of ether oxygens (including phenoxy) is 1. The molecule has 98 valence electrons. The third-order valence-corrected chi connectivity index (χ3v) is 3.42. The molecule has 0 saturated carbocycles. The summed E-state index contributed by atoms with van der Waals surface area (Å²) in [7, 11) is 0. The Morgan fingerprint density at radius 3 is 2.44 bits per heavy atom. The minimum atomic E-state index is -0.0707. The molecular formula is C13H15Cl2NO2. The Morgan fingerprint density at radius 1 is 1.28 bits per heavy atom. The molecule has 1 aromatic carbocycles. The molecule has 0 N–H and O–H groups in total. The third-order valence-electron chi connectivity index (χ3n) is 2.87. The van der Waals surface area contributed by atoms with E-state index in [0.717, 1.165) is 0 Å². The van der Waals surface area contributed by atoms with E-state index in [2.05, 4.69) is 0 Å². The summed E-state index contributed by atoms with van der Waals surface area (Å²) < 4.78 is 5.60. The van der Waals surface area contributed by atoms with Gasteiger partial charge in [-0.2, -0.15) is 0 Å². The minimum Gasteiger partial charge on any atom is -0.372 e. The SMILES string of the molecule is CC1CN(C(=O)c2ccc(Cl)cc2Cl)CC(C)O1. The second-order valence-electron chi connectivity index (χ2n) is 4.59. The van der Waals surface area contributed by atoms with Gasteiger partial charge in [0.2, 0.25) is 0 Å². The molecule has 1 fully saturated rings. The monoisotopic (exact) mass is 287 g/mol. The largest absolute Gasteiger partial charge is 0.372 e. The smallest absolute Gasteiger partial charge is 0.255 e. The summed E-state index contributed by atoms with van der Waals surface area (Å²) in [6.07, 6.45) is 0.0903. The van der Waals surface area contributed by atoms with Crippen molar-refractivity contribution >= 4 is 29.1 Å². The van der Waals surface area contributed by atoms with Crippen LogP contribution in [0, 0.1) is 0 Å². The van der Waals surface area contributed by atoms with Crippen LogP contribution in [0.4, 0.5) is 0 Å². The van der Waals surface area contributed by atoms with Crippen LogP contribution >= 0.6 is 23.2 Å². The van der Waals surface area contributed by atoms with E-state index in [1.165, 1.54) is 0 Å². The number of hydrogen-bond acceptors (Lipinski definition) is 2. The maximum Gasteiger partial charge on any atom is 0.255 e. The molecular weight excluding hydrogens is 273 g/mol. The lowest BCUT2D eigenvalue weighted by Gasteiger charge is -2.35.